The number of aryl methyl sites for hydroxylation is 1. The number of nitrogens with one attached hydrogen (secondary N) is 1. The average Bonchev–Trinajstić information content (AvgIpc) is 2.41. The summed E-state index contributed by atoms with van der Waals surface area (Å²) in [6.07, 6.45) is 1.26. The summed E-state index contributed by atoms with van der Waals surface area (Å²) >= 11 is 1.70. The van der Waals surface area contributed by atoms with Gasteiger partial charge in [0.15, 0.2) is 0 Å². The Bertz CT molecular complexity index is 590. The highest BCUT2D eigenvalue weighted by atomic mass is 32.2. The topological polar surface area (TPSA) is 29.1 Å². The highest BCUT2D eigenvalue weighted by Crippen LogP contribution is 2.28. The molecule has 0 spiro atoms. The number of carbonyl (C=O) groups excluding carboxylic acids is 1. The molecule has 1 N–H and O–H groups in total. The second-order valence-corrected chi connectivity index (χ2v) is 5.28. The zero-order chi connectivity index (χ0) is 13.7. The molecule has 2 rings (SSSR count). The van der Waals surface area contributed by atoms with Gasteiger partial charge in [-0.3, -0.25) is 4.79 Å². The maximum atomic E-state index is 11.2. The van der Waals surface area contributed by atoms with Crippen LogP contribution < -0.4 is 5.32 Å². The first-order valence-electron chi connectivity index (χ1n) is 5.95. The molecule has 0 aliphatic carbocycles. The van der Waals surface area contributed by atoms with Gasteiger partial charge in [0.05, 0.1) is 0 Å². The van der Waals surface area contributed by atoms with Crippen LogP contribution in [0.5, 0.6) is 0 Å². The Labute approximate surface area is 117 Å². The number of hydrogen-bond donors (Lipinski definition) is 1. The molecule has 0 unspecified atom stereocenters. The fraction of sp³-hybridized carbons (Fsp3) is 0.0625. The van der Waals surface area contributed by atoms with Crippen molar-refractivity contribution in [3.8, 4) is 0 Å². The Kier molecular flexibility index (Phi) is 4.42. The molecule has 0 radical (unpaired) electrons. The molecule has 2 aromatic rings. The lowest BCUT2D eigenvalue weighted by atomic mass is 10.2. The third-order valence-electron chi connectivity index (χ3n) is 2.53. The first kappa shape index (κ1) is 13.4. The van der Waals surface area contributed by atoms with E-state index in [2.05, 4.69) is 43.1 Å². The van der Waals surface area contributed by atoms with Crippen LogP contribution >= 0.6 is 11.8 Å². The first-order chi connectivity index (χ1) is 9.17. The van der Waals surface area contributed by atoms with Crippen molar-refractivity contribution in [2.45, 2.75) is 16.7 Å². The van der Waals surface area contributed by atoms with Crippen molar-refractivity contribution in [3.63, 3.8) is 0 Å². The summed E-state index contributed by atoms with van der Waals surface area (Å²) < 4.78 is 0. The molecule has 0 heterocycles. The molecular weight excluding hydrogens is 254 g/mol. The van der Waals surface area contributed by atoms with Gasteiger partial charge < -0.3 is 5.32 Å². The van der Waals surface area contributed by atoms with Crippen molar-refractivity contribution in [2.24, 2.45) is 0 Å². The summed E-state index contributed by atoms with van der Waals surface area (Å²) in [4.78, 5) is 13.5. The van der Waals surface area contributed by atoms with Gasteiger partial charge in [0, 0.05) is 15.5 Å². The predicted octanol–water partition coefficient (Wildman–Crippen LogP) is 4.27. The van der Waals surface area contributed by atoms with Crippen molar-refractivity contribution < 1.29 is 4.79 Å². The lowest BCUT2D eigenvalue weighted by Crippen LogP contribution is -2.06. The minimum atomic E-state index is -0.195. The zero-order valence-corrected chi connectivity index (χ0v) is 11.5. The van der Waals surface area contributed by atoms with E-state index in [9.17, 15) is 4.79 Å². The van der Waals surface area contributed by atoms with Crippen molar-refractivity contribution in [3.05, 3.63) is 66.7 Å². The van der Waals surface area contributed by atoms with Crippen LogP contribution in [0.3, 0.4) is 0 Å². The molecule has 2 aromatic carbocycles. The van der Waals surface area contributed by atoms with Gasteiger partial charge in [-0.15, -0.1) is 0 Å². The van der Waals surface area contributed by atoms with E-state index < -0.39 is 0 Å². The van der Waals surface area contributed by atoms with E-state index in [4.69, 9.17) is 0 Å². The summed E-state index contributed by atoms with van der Waals surface area (Å²) in [5, 5.41) is 2.73. The van der Waals surface area contributed by atoms with Crippen LogP contribution in [0.1, 0.15) is 5.56 Å². The molecule has 1 amide bonds. The molecule has 0 bridgehead atoms. The number of rotatable bonds is 4. The number of anilines is 1. The molecular formula is C16H15NOS. The molecule has 0 aliphatic heterocycles. The monoisotopic (exact) mass is 269 g/mol. The molecule has 0 fully saturated rings. The van der Waals surface area contributed by atoms with E-state index in [0.29, 0.717) is 0 Å². The molecule has 96 valence electrons. The summed E-state index contributed by atoms with van der Waals surface area (Å²) in [6, 6.07) is 16.1. The van der Waals surface area contributed by atoms with Crippen LogP contribution in [0.25, 0.3) is 0 Å². The summed E-state index contributed by atoms with van der Waals surface area (Å²) in [5.74, 6) is -0.195. The van der Waals surface area contributed by atoms with Gasteiger partial charge in [-0.1, -0.05) is 36.0 Å². The zero-order valence-electron chi connectivity index (χ0n) is 10.7. The van der Waals surface area contributed by atoms with Gasteiger partial charge in [0.2, 0.25) is 5.91 Å². The minimum Gasteiger partial charge on any atom is -0.323 e. The second-order valence-electron chi connectivity index (χ2n) is 4.14. The SMILES string of the molecule is C=CC(=O)Nc1ccc(Sc2cccc(C)c2)cc1. The van der Waals surface area contributed by atoms with Crippen molar-refractivity contribution in [2.75, 3.05) is 5.32 Å². The van der Waals surface area contributed by atoms with Crippen LogP contribution in [0.2, 0.25) is 0 Å². The second kappa shape index (κ2) is 6.25. The first-order valence-corrected chi connectivity index (χ1v) is 6.77. The molecule has 0 atom stereocenters. The molecule has 19 heavy (non-hydrogen) atoms. The maximum absolute atomic E-state index is 11.2. The van der Waals surface area contributed by atoms with Gasteiger partial charge in [-0.2, -0.15) is 0 Å². The molecule has 0 saturated heterocycles. The Morgan fingerprint density at radius 1 is 1.16 bits per heavy atom. The fourth-order valence-corrected chi connectivity index (χ4v) is 2.55. The molecule has 2 nitrogen and oxygen atoms in total. The summed E-state index contributed by atoms with van der Waals surface area (Å²) in [6.45, 7) is 5.50. The Hall–Kier alpha value is -2.00. The normalized spacial score (nSPS) is 9.95. The maximum Gasteiger partial charge on any atom is 0.247 e. The third-order valence-corrected chi connectivity index (χ3v) is 3.53. The molecule has 0 aromatic heterocycles. The lowest BCUT2D eigenvalue weighted by Gasteiger charge is -2.05. The Morgan fingerprint density at radius 3 is 2.53 bits per heavy atom. The van der Waals surface area contributed by atoms with Crippen molar-refractivity contribution in [1.82, 2.24) is 0 Å². The van der Waals surface area contributed by atoms with E-state index in [0.717, 1.165) is 10.6 Å². The molecule has 0 aliphatic rings. The standard InChI is InChI=1S/C16H15NOS/c1-3-16(18)17-13-7-9-14(10-8-13)19-15-6-4-5-12(2)11-15/h3-11H,1H2,2H3,(H,17,18). The van der Waals surface area contributed by atoms with E-state index in [1.807, 2.05) is 24.3 Å². The minimum absolute atomic E-state index is 0.195. The lowest BCUT2D eigenvalue weighted by molar-refractivity contribution is -0.111. The van der Waals surface area contributed by atoms with E-state index in [-0.39, 0.29) is 5.91 Å². The van der Waals surface area contributed by atoms with Gasteiger partial charge in [-0.25, -0.2) is 0 Å². The number of amides is 1. The van der Waals surface area contributed by atoms with Crippen LogP contribution in [0.15, 0.2) is 71.0 Å². The largest absolute Gasteiger partial charge is 0.323 e. The summed E-state index contributed by atoms with van der Waals surface area (Å²) in [5.41, 5.74) is 2.03. The number of benzene rings is 2. The van der Waals surface area contributed by atoms with Crippen LogP contribution in [-0.2, 0) is 4.79 Å². The van der Waals surface area contributed by atoms with Crippen LogP contribution in [0.4, 0.5) is 5.69 Å². The van der Waals surface area contributed by atoms with Crippen LogP contribution in [-0.4, -0.2) is 5.91 Å². The van der Waals surface area contributed by atoms with Crippen molar-refractivity contribution >= 4 is 23.4 Å². The fourth-order valence-electron chi connectivity index (χ4n) is 1.61. The predicted molar refractivity (Wildman–Crippen MR) is 80.6 cm³/mol. The van der Waals surface area contributed by atoms with E-state index in [1.165, 1.54) is 16.5 Å². The van der Waals surface area contributed by atoms with Crippen LogP contribution in [0, 0.1) is 6.92 Å². The average molecular weight is 269 g/mol. The highest BCUT2D eigenvalue weighted by Gasteiger charge is 2.00. The molecule has 0 saturated carbocycles. The Balaban J connectivity index is 2.06. The smallest absolute Gasteiger partial charge is 0.247 e. The van der Waals surface area contributed by atoms with Gasteiger partial charge in [0.25, 0.3) is 0 Å². The highest BCUT2D eigenvalue weighted by molar-refractivity contribution is 7.99. The van der Waals surface area contributed by atoms with E-state index in [1.54, 1.807) is 11.8 Å². The van der Waals surface area contributed by atoms with Gasteiger partial charge in [0.1, 0.15) is 0 Å². The number of hydrogen-bond acceptors (Lipinski definition) is 2. The number of carbonyl (C=O) groups is 1. The van der Waals surface area contributed by atoms with Gasteiger partial charge in [-0.05, 0) is 49.4 Å². The van der Waals surface area contributed by atoms with E-state index >= 15 is 0 Å². The Morgan fingerprint density at radius 2 is 1.89 bits per heavy atom. The third kappa shape index (κ3) is 4.00. The summed E-state index contributed by atoms with van der Waals surface area (Å²) in [7, 11) is 0. The van der Waals surface area contributed by atoms with Crippen molar-refractivity contribution in [1.29, 1.82) is 0 Å². The molecule has 3 heteroatoms. The quantitative estimate of drug-likeness (QED) is 0.840. The van der Waals surface area contributed by atoms with Gasteiger partial charge >= 0.3 is 0 Å².